The number of aliphatic hydroxyl groups excluding tert-OH is 1. The zero-order valence-corrected chi connectivity index (χ0v) is 15.1. The van der Waals surface area contributed by atoms with Crippen LogP contribution in [0.3, 0.4) is 0 Å². The topological polar surface area (TPSA) is 44.0 Å². The van der Waals surface area contributed by atoms with Crippen LogP contribution in [0.1, 0.15) is 72.1 Å². The Morgan fingerprint density at radius 1 is 1.00 bits per heavy atom. The van der Waals surface area contributed by atoms with Crippen LogP contribution < -0.4 is 0 Å². The fourth-order valence-electron chi connectivity index (χ4n) is 7.81. The van der Waals surface area contributed by atoms with Gasteiger partial charge in [0.1, 0.15) is 0 Å². The second-order valence-electron chi connectivity index (χ2n) is 9.94. The van der Waals surface area contributed by atoms with Crippen LogP contribution in [0.25, 0.3) is 0 Å². The molecule has 4 rings (SSSR count). The van der Waals surface area contributed by atoms with E-state index in [0.717, 1.165) is 36.5 Å². The summed E-state index contributed by atoms with van der Waals surface area (Å²) in [4.78, 5) is 0. The van der Waals surface area contributed by atoms with Crippen LogP contribution in [-0.4, -0.2) is 11.2 Å². The molecule has 0 spiro atoms. The van der Waals surface area contributed by atoms with E-state index in [4.69, 9.17) is 0 Å². The smallest absolute Gasteiger partial charge is 0.0661 e. The lowest BCUT2D eigenvalue weighted by Crippen LogP contribution is -2.55. The molecule has 0 heterocycles. The average molecular weight is 316 g/mol. The van der Waals surface area contributed by atoms with Gasteiger partial charge in [-0.3, -0.25) is 0 Å². The lowest BCUT2D eigenvalue weighted by atomic mass is 9.44. The van der Waals surface area contributed by atoms with Crippen molar-refractivity contribution in [1.29, 1.82) is 5.26 Å². The molecular weight excluding hydrogens is 282 g/mol. The van der Waals surface area contributed by atoms with Crippen molar-refractivity contribution in [1.82, 2.24) is 0 Å². The van der Waals surface area contributed by atoms with E-state index in [-0.39, 0.29) is 6.10 Å². The van der Waals surface area contributed by atoms with Gasteiger partial charge in [-0.2, -0.15) is 5.26 Å². The summed E-state index contributed by atoms with van der Waals surface area (Å²) >= 11 is 0. The normalized spacial score (nSPS) is 58.7. The second kappa shape index (κ2) is 5.22. The van der Waals surface area contributed by atoms with Gasteiger partial charge in [-0.15, -0.1) is 0 Å². The van der Waals surface area contributed by atoms with Crippen LogP contribution in [0.5, 0.6) is 0 Å². The second-order valence-corrected chi connectivity index (χ2v) is 9.94. The molecule has 2 nitrogen and oxygen atoms in total. The van der Waals surface area contributed by atoms with Gasteiger partial charge < -0.3 is 5.11 Å². The van der Waals surface area contributed by atoms with E-state index < -0.39 is 0 Å². The summed E-state index contributed by atoms with van der Waals surface area (Å²) in [6.07, 6.45) is 9.84. The molecule has 128 valence electrons. The standard InChI is InChI=1S/C21H33NO/c1-13-11-21(3)14(10-19(13)23)4-6-16-17-7-5-15(12-22)20(17,2)9-8-18(16)21/h13-19,23H,4-11H2,1-3H3/t13-,14+,15-,16+,17+,18+,19+,20-,21+/m1/s1. The maximum Gasteiger partial charge on any atom is 0.0661 e. The van der Waals surface area contributed by atoms with Crippen LogP contribution in [-0.2, 0) is 0 Å². The fourth-order valence-corrected chi connectivity index (χ4v) is 7.81. The highest BCUT2D eigenvalue weighted by molar-refractivity contribution is 5.12. The predicted octanol–water partition coefficient (Wildman–Crippen LogP) is 4.78. The summed E-state index contributed by atoms with van der Waals surface area (Å²) in [5.41, 5.74) is 0.729. The van der Waals surface area contributed by atoms with Gasteiger partial charge in [0.05, 0.1) is 18.1 Å². The molecule has 0 unspecified atom stereocenters. The minimum Gasteiger partial charge on any atom is -0.393 e. The Bertz CT molecular complexity index is 524. The van der Waals surface area contributed by atoms with Crippen LogP contribution in [0.4, 0.5) is 0 Å². The number of rotatable bonds is 0. The zero-order chi connectivity index (χ0) is 16.4. The average Bonchev–Trinajstić information content (AvgIpc) is 2.85. The first kappa shape index (κ1) is 15.9. The molecule has 4 fully saturated rings. The molecule has 0 bridgehead atoms. The minimum atomic E-state index is -0.0760. The van der Waals surface area contributed by atoms with Crippen LogP contribution in [0.15, 0.2) is 0 Å². The van der Waals surface area contributed by atoms with Gasteiger partial charge in [0.2, 0.25) is 0 Å². The van der Waals surface area contributed by atoms with Crippen molar-refractivity contribution in [2.24, 2.45) is 46.3 Å². The number of aliphatic hydroxyl groups is 1. The Balaban J connectivity index is 1.63. The summed E-state index contributed by atoms with van der Waals surface area (Å²) < 4.78 is 0. The first-order valence-electron chi connectivity index (χ1n) is 9.98. The van der Waals surface area contributed by atoms with E-state index in [9.17, 15) is 10.4 Å². The molecule has 0 radical (unpaired) electrons. The number of fused-ring (bicyclic) bond motifs is 5. The van der Waals surface area contributed by atoms with Gasteiger partial charge in [-0.25, -0.2) is 0 Å². The first-order valence-corrected chi connectivity index (χ1v) is 9.98. The third kappa shape index (κ3) is 2.08. The van der Waals surface area contributed by atoms with Crippen LogP contribution in [0.2, 0.25) is 0 Å². The van der Waals surface area contributed by atoms with Crippen LogP contribution in [0, 0.1) is 57.7 Å². The Hall–Kier alpha value is -0.550. The molecular formula is C21H33NO. The Labute approximate surface area is 141 Å². The van der Waals surface area contributed by atoms with Gasteiger partial charge in [-0.1, -0.05) is 20.8 Å². The molecule has 23 heavy (non-hydrogen) atoms. The molecule has 0 aromatic rings. The van der Waals surface area contributed by atoms with Crippen molar-refractivity contribution in [2.75, 3.05) is 0 Å². The lowest BCUT2D eigenvalue weighted by molar-refractivity contribution is -0.138. The number of nitriles is 1. The predicted molar refractivity (Wildman–Crippen MR) is 91.4 cm³/mol. The summed E-state index contributed by atoms with van der Waals surface area (Å²) in [6, 6.07) is 2.64. The van der Waals surface area contributed by atoms with Gasteiger partial charge >= 0.3 is 0 Å². The van der Waals surface area contributed by atoms with Gasteiger partial charge in [0.15, 0.2) is 0 Å². The summed E-state index contributed by atoms with van der Waals surface area (Å²) in [6.45, 7) is 7.23. The van der Waals surface area contributed by atoms with Crippen molar-refractivity contribution in [3.05, 3.63) is 0 Å². The molecule has 0 aromatic heterocycles. The van der Waals surface area contributed by atoms with E-state index in [1.165, 1.54) is 38.5 Å². The molecule has 1 N–H and O–H groups in total. The van der Waals surface area contributed by atoms with E-state index in [1.807, 2.05) is 0 Å². The quantitative estimate of drug-likeness (QED) is 0.699. The summed E-state index contributed by atoms with van der Waals surface area (Å²) in [7, 11) is 0. The van der Waals surface area contributed by atoms with E-state index in [1.54, 1.807) is 0 Å². The fraction of sp³-hybridized carbons (Fsp3) is 0.952. The highest BCUT2D eigenvalue weighted by atomic mass is 16.3. The molecule has 0 aliphatic heterocycles. The van der Waals surface area contributed by atoms with Crippen molar-refractivity contribution in [3.63, 3.8) is 0 Å². The molecule has 0 saturated heterocycles. The zero-order valence-electron chi connectivity index (χ0n) is 15.1. The van der Waals surface area contributed by atoms with Gasteiger partial charge in [-0.05, 0) is 91.8 Å². The number of hydrogen-bond acceptors (Lipinski definition) is 2. The molecule has 4 aliphatic carbocycles. The molecule has 2 heteroatoms. The third-order valence-corrected chi connectivity index (χ3v) is 9.17. The summed E-state index contributed by atoms with van der Waals surface area (Å²) in [5, 5.41) is 19.9. The number of nitrogens with zero attached hydrogens (tertiary/aromatic N) is 1. The lowest BCUT2D eigenvalue weighted by Gasteiger charge is -2.61. The first-order chi connectivity index (χ1) is 10.9. The van der Waals surface area contributed by atoms with Gasteiger partial charge in [0, 0.05) is 0 Å². The molecule has 0 aromatic carbocycles. The van der Waals surface area contributed by atoms with E-state index in [0.29, 0.717) is 22.7 Å². The van der Waals surface area contributed by atoms with Crippen molar-refractivity contribution < 1.29 is 5.11 Å². The van der Waals surface area contributed by atoms with Gasteiger partial charge in [0.25, 0.3) is 0 Å². The molecule has 4 saturated carbocycles. The maximum atomic E-state index is 10.3. The summed E-state index contributed by atoms with van der Waals surface area (Å²) in [5.74, 6) is 3.95. The maximum absolute atomic E-state index is 10.3. The highest BCUT2D eigenvalue weighted by Crippen LogP contribution is 2.67. The molecule has 9 atom stereocenters. The Morgan fingerprint density at radius 2 is 1.74 bits per heavy atom. The van der Waals surface area contributed by atoms with Crippen LogP contribution >= 0.6 is 0 Å². The van der Waals surface area contributed by atoms with Crippen molar-refractivity contribution in [2.45, 2.75) is 78.2 Å². The Kier molecular flexibility index (Phi) is 3.62. The monoisotopic (exact) mass is 315 g/mol. The SMILES string of the molecule is C[C@@H]1C[C@@]2(C)[C@@H](CC[C@@H]3[C@@H]2CC[C@]2(C)[C@@H](C#N)CC[C@@H]32)C[C@@H]1O. The van der Waals surface area contributed by atoms with E-state index >= 15 is 0 Å². The molecule has 4 aliphatic rings. The van der Waals surface area contributed by atoms with Crippen molar-refractivity contribution in [3.8, 4) is 6.07 Å². The number of hydrogen-bond donors (Lipinski definition) is 1. The molecule has 0 amide bonds. The minimum absolute atomic E-state index is 0.0760. The Morgan fingerprint density at radius 3 is 2.48 bits per heavy atom. The van der Waals surface area contributed by atoms with E-state index in [2.05, 4.69) is 26.8 Å². The highest BCUT2D eigenvalue weighted by Gasteiger charge is 2.60. The largest absolute Gasteiger partial charge is 0.393 e. The third-order valence-electron chi connectivity index (χ3n) is 9.17. The van der Waals surface area contributed by atoms with Crippen molar-refractivity contribution >= 4 is 0 Å².